The van der Waals surface area contributed by atoms with Crippen LogP contribution in [0, 0.1) is 0 Å². The Bertz CT molecular complexity index is 1790. The number of benzene rings is 4. The van der Waals surface area contributed by atoms with Gasteiger partial charge in [-0.2, -0.15) is 0 Å². The van der Waals surface area contributed by atoms with Crippen molar-refractivity contribution < 1.29 is 38.1 Å². The summed E-state index contributed by atoms with van der Waals surface area (Å²) < 4.78 is 23.2. The zero-order valence-electron chi connectivity index (χ0n) is 29.2. The minimum absolute atomic E-state index is 0.250. The molecule has 0 saturated carbocycles. The van der Waals surface area contributed by atoms with E-state index in [4.69, 9.17) is 18.9 Å². The summed E-state index contributed by atoms with van der Waals surface area (Å²) in [7, 11) is 0. The summed E-state index contributed by atoms with van der Waals surface area (Å²) in [6.07, 6.45) is 2.02. The van der Waals surface area contributed by atoms with E-state index in [1.807, 2.05) is 24.3 Å². The minimum Gasteiger partial charge on any atom is -0.457 e. The zero-order valence-corrected chi connectivity index (χ0v) is 29.2. The van der Waals surface area contributed by atoms with Gasteiger partial charge < -0.3 is 18.9 Å². The highest BCUT2D eigenvalue weighted by Gasteiger charge is 2.33. The molecule has 0 bridgehead atoms. The van der Waals surface area contributed by atoms with Crippen LogP contribution >= 0.6 is 0 Å². The van der Waals surface area contributed by atoms with E-state index >= 15 is 0 Å². The number of carbonyl (C=O) groups is 4. The van der Waals surface area contributed by atoms with Gasteiger partial charge in [0.05, 0.1) is 0 Å². The third kappa shape index (κ3) is 7.44. The van der Waals surface area contributed by atoms with Gasteiger partial charge in [-0.15, -0.1) is 0 Å². The SMILES string of the molecule is CCC(=O)OC1CCC(OC(=O)CC)c2cc(-c3ccc4cc(-c5ccc6c(c5)C(OC(=O)CC)CCC6OC(=O)CC)ccc4c3)ccc21. The second-order valence-corrected chi connectivity index (χ2v) is 12.9. The van der Waals surface area contributed by atoms with Gasteiger partial charge in [0.15, 0.2) is 0 Å². The van der Waals surface area contributed by atoms with Crippen LogP contribution in [0.2, 0.25) is 0 Å². The monoisotopic (exact) mass is 676 g/mol. The first-order valence-corrected chi connectivity index (χ1v) is 17.8. The number of esters is 4. The maximum absolute atomic E-state index is 12.3. The van der Waals surface area contributed by atoms with Crippen LogP contribution in [0.25, 0.3) is 33.0 Å². The summed E-state index contributed by atoms with van der Waals surface area (Å²) in [5.74, 6) is -1.01. The topological polar surface area (TPSA) is 105 Å². The van der Waals surface area contributed by atoms with Crippen molar-refractivity contribution in [3.05, 3.63) is 95.1 Å². The minimum atomic E-state index is -0.396. The fraction of sp³-hybridized carbons (Fsp3) is 0.381. The Morgan fingerprint density at radius 3 is 1.02 bits per heavy atom. The molecule has 0 N–H and O–H groups in total. The van der Waals surface area contributed by atoms with Crippen LogP contribution in [0.5, 0.6) is 0 Å². The smallest absolute Gasteiger partial charge is 0.306 e. The Morgan fingerprint density at radius 1 is 0.420 bits per heavy atom. The Labute approximate surface area is 293 Å². The summed E-state index contributed by atoms with van der Waals surface area (Å²) in [5.41, 5.74) is 7.52. The second-order valence-electron chi connectivity index (χ2n) is 12.9. The van der Waals surface area contributed by atoms with E-state index < -0.39 is 12.2 Å². The van der Waals surface area contributed by atoms with Crippen molar-refractivity contribution in [2.24, 2.45) is 0 Å². The van der Waals surface area contributed by atoms with Crippen LogP contribution in [-0.4, -0.2) is 23.9 Å². The molecule has 50 heavy (non-hydrogen) atoms. The van der Waals surface area contributed by atoms with E-state index in [2.05, 4.69) is 48.5 Å². The van der Waals surface area contributed by atoms with Gasteiger partial charge in [-0.3, -0.25) is 19.2 Å². The summed E-state index contributed by atoms with van der Waals surface area (Å²) in [5, 5.41) is 2.12. The van der Waals surface area contributed by atoms with Crippen molar-refractivity contribution in [1.29, 1.82) is 0 Å². The first-order valence-electron chi connectivity index (χ1n) is 17.8. The van der Waals surface area contributed by atoms with Gasteiger partial charge in [-0.05, 0) is 105 Å². The van der Waals surface area contributed by atoms with Gasteiger partial charge in [0.25, 0.3) is 0 Å². The summed E-state index contributed by atoms with van der Waals surface area (Å²) >= 11 is 0. The molecule has 0 radical (unpaired) electrons. The lowest BCUT2D eigenvalue weighted by Gasteiger charge is -2.31. The van der Waals surface area contributed by atoms with Gasteiger partial charge in [0, 0.05) is 25.7 Å². The molecule has 0 spiro atoms. The first-order chi connectivity index (χ1) is 24.2. The van der Waals surface area contributed by atoms with E-state index in [1.165, 1.54) is 0 Å². The molecule has 260 valence electrons. The number of ether oxygens (including phenoxy) is 4. The van der Waals surface area contributed by atoms with Crippen molar-refractivity contribution in [2.75, 3.05) is 0 Å². The molecular weight excluding hydrogens is 632 g/mol. The largest absolute Gasteiger partial charge is 0.457 e. The van der Waals surface area contributed by atoms with Gasteiger partial charge in [-0.1, -0.05) is 76.2 Å². The Balaban J connectivity index is 1.31. The highest BCUT2D eigenvalue weighted by molar-refractivity contribution is 5.91. The molecule has 2 aliphatic carbocycles. The van der Waals surface area contributed by atoms with E-state index in [0.29, 0.717) is 51.4 Å². The number of hydrogen-bond acceptors (Lipinski definition) is 8. The van der Waals surface area contributed by atoms with Gasteiger partial charge in [-0.25, -0.2) is 0 Å². The van der Waals surface area contributed by atoms with Crippen LogP contribution in [-0.2, 0) is 38.1 Å². The highest BCUT2D eigenvalue weighted by Crippen LogP contribution is 2.44. The maximum Gasteiger partial charge on any atom is 0.306 e. The summed E-state index contributed by atoms with van der Waals surface area (Å²) in [4.78, 5) is 48.9. The fourth-order valence-electron chi connectivity index (χ4n) is 6.94. The molecule has 0 aliphatic heterocycles. The van der Waals surface area contributed by atoms with Crippen molar-refractivity contribution in [3.8, 4) is 22.3 Å². The quantitative estimate of drug-likeness (QED) is 0.121. The van der Waals surface area contributed by atoms with Gasteiger partial charge >= 0.3 is 23.9 Å². The standard InChI is InChI=1S/C42H44O8/c1-5-39(43)47-35-17-19-37(49-41(45)7-3)33-23-29(13-15-31(33)35)27-11-9-26-22-28(12-10-25(26)21-27)30-14-16-32-34(24-30)38(50-42(46)8-4)20-18-36(32)48-40(44)6-2/h9-16,21-24,35-38H,5-8,17-20H2,1-4H3. The molecule has 0 aromatic heterocycles. The average Bonchev–Trinajstić information content (AvgIpc) is 3.15. The molecule has 4 unspecified atom stereocenters. The van der Waals surface area contributed by atoms with Gasteiger partial charge in [0.2, 0.25) is 0 Å². The molecule has 0 saturated heterocycles. The third-order valence-corrected chi connectivity index (χ3v) is 9.70. The van der Waals surface area contributed by atoms with Crippen molar-refractivity contribution in [2.45, 2.75) is 103 Å². The van der Waals surface area contributed by atoms with E-state index in [1.54, 1.807) is 27.7 Å². The van der Waals surface area contributed by atoms with Gasteiger partial charge in [0.1, 0.15) is 24.4 Å². The van der Waals surface area contributed by atoms with Crippen molar-refractivity contribution in [1.82, 2.24) is 0 Å². The summed E-state index contributed by atoms with van der Waals surface area (Å²) in [6, 6.07) is 24.8. The predicted octanol–water partition coefficient (Wildman–Crippen LogP) is 9.74. The van der Waals surface area contributed by atoms with Crippen LogP contribution < -0.4 is 0 Å². The summed E-state index contributed by atoms with van der Waals surface area (Å²) in [6.45, 7) is 7.12. The molecule has 0 amide bonds. The Hall–Kier alpha value is -4.98. The fourth-order valence-corrected chi connectivity index (χ4v) is 6.94. The molecular formula is C42H44O8. The number of hydrogen-bond donors (Lipinski definition) is 0. The molecule has 4 aromatic rings. The maximum atomic E-state index is 12.3. The molecule has 4 atom stereocenters. The third-order valence-electron chi connectivity index (χ3n) is 9.70. The zero-order chi connectivity index (χ0) is 35.4. The molecule has 0 heterocycles. The second kappa shape index (κ2) is 15.3. The Kier molecular flexibility index (Phi) is 10.7. The normalized spacial score (nSPS) is 19.5. The molecule has 8 nitrogen and oxygen atoms in total. The molecule has 2 aliphatic rings. The van der Waals surface area contributed by atoms with Crippen LogP contribution in [0.3, 0.4) is 0 Å². The molecule has 4 aromatic carbocycles. The predicted molar refractivity (Wildman–Crippen MR) is 190 cm³/mol. The molecule has 0 fully saturated rings. The molecule has 8 heteroatoms. The van der Waals surface area contributed by atoms with Crippen molar-refractivity contribution in [3.63, 3.8) is 0 Å². The van der Waals surface area contributed by atoms with E-state index in [9.17, 15) is 19.2 Å². The lowest BCUT2D eigenvalue weighted by atomic mass is 9.84. The van der Waals surface area contributed by atoms with Crippen LogP contribution in [0.15, 0.2) is 72.8 Å². The lowest BCUT2D eigenvalue weighted by molar-refractivity contribution is -0.155. The number of rotatable bonds is 10. The van der Waals surface area contributed by atoms with E-state index in [0.717, 1.165) is 55.3 Å². The van der Waals surface area contributed by atoms with E-state index in [-0.39, 0.29) is 36.1 Å². The van der Waals surface area contributed by atoms with Crippen molar-refractivity contribution >= 4 is 34.6 Å². The first kappa shape index (κ1) is 34.9. The Morgan fingerprint density at radius 2 is 0.700 bits per heavy atom. The van der Waals surface area contributed by atoms with Crippen LogP contribution in [0.1, 0.15) is 126 Å². The highest BCUT2D eigenvalue weighted by atomic mass is 16.6. The molecule has 6 rings (SSSR count). The average molecular weight is 677 g/mol. The number of carbonyl (C=O) groups excluding carboxylic acids is 4. The van der Waals surface area contributed by atoms with Crippen LogP contribution in [0.4, 0.5) is 0 Å². The number of fused-ring (bicyclic) bond motifs is 3. The lowest BCUT2D eigenvalue weighted by Crippen LogP contribution is -2.22.